The molecule has 37 valence electrons. The second-order valence-corrected chi connectivity index (χ2v) is 1.46. The van der Waals surface area contributed by atoms with Crippen molar-refractivity contribution >= 4 is 0 Å². The molecular weight excluding hydrogens is 151 g/mol. The Balaban J connectivity index is 0.000000490. The molecule has 0 fully saturated rings. The first-order valence-electron chi connectivity index (χ1n) is 2.18. The largest absolute Gasteiger partial charge is 0.254 e. The standard InChI is InChI=1S/C6H6N.Zn/c1-6-3-2-4-7-5-6;/h2-3,5H,1H3;. The molecule has 0 N–H and O–H groups in total. The zero-order chi connectivity index (χ0) is 5.11. The molecule has 1 radical (unpaired) electrons. The van der Waals surface area contributed by atoms with Gasteiger partial charge >= 0.3 is 0 Å². The number of pyridine rings is 1. The van der Waals surface area contributed by atoms with Gasteiger partial charge < -0.3 is 0 Å². The molecule has 0 bridgehead atoms. The minimum absolute atomic E-state index is 0. The van der Waals surface area contributed by atoms with Gasteiger partial charge in [-0.2, -0.15) is 0 Å². The summed E-state index contributed by atoms with van der Waals surface area (Å²) in [7, 11) is 0. The van der Waals surface area contributed by atoms with Crippen LogP contribution in [0.5, 0.6) is 0 Å². The minimum atomic E-state index is 0. The third-order valence-corrected chi connectivity index (χ3v) is 0.763. The number of nitrogens with zero attached hydrogens (tertiary/aromatic N) is 1. The van der Waals surface area contributed by atoms with Crippen molar-refractivity contribution in [3.05, 3.63) is 30.1 Å². The molecule has 1 nitrogen and oxygen atoms in total. The van der Waals surface area contributed by atoms with Crippen LogP contribution in [0.25, 0.3) is 0 Å². The molecule has 8 heavy (non-hydrogen) atoms. The Morgan fingerprint density at radius 3 is 2.62 bits per heavy atom. The van der Waals surface area contributed by atoms with Crippen molar-refractivity contribution in [3.63, 3.8) is 0 Å². The van der Waals surface area contributed by atoms with Crippen molar-refractivity contribution in [2.75, 3.05) is 0 Å². The molecule has 1 aromatic heterocycles. The summed E-state index contributed by atoms with van der Waals surface area (Å²) in [6.45, 7) is 2.00. The van der Waals surface area contributed by atoms with Crippen LogP contribution in [0.2, 0.25) is 0 Å². The molecule has 1 rings (SSSR count). The Morgan fingerprint density at radius 2 is 2.38 bits per heavy atom. The van der Waals surface area contributed by atoms with E-state index in [1.54, 1.807) is 12.3 Å². The van der Waals surface area contributed by atoms with Gasteiger partial charge in [0.15, 0.2) is 0 Å². The third kappa shape index (κ3) is 2.18. The van der Waals surface area contributed by atoms with E-state index in [1.807, 2.05) is 13.0 Å². The number of aryl methyl sites for hydroxylation is 1. The average Bonchev–Trinajstić information content (AvgIpc) is 1.69. The zero-order valence-corrected chi connectivity index (χ0v) is 7.85. The van der Waals surface area contributed by atoms with Crippen LogP contribution in [0.3, 0.4) is 0 Å². The summed E-state index contributed by atoms with van der Waals surface area (Å²) in [5.74, 6) is 0. The second kappa shape index (κ2) is 3.74. The predicted molar refractivity (Wildman–Crippen MR) is 27.8 cm³/mol. The molecule has 0 unspecified atom stereocenters. The van der Waals surface area contributed by atoms with E-state index in [9.17, 15) is 0 Å². The van der Waals surface area contributed by atoms with E-state index in [0.717, 1.165) is 0 Å². The number of hydrogen-bond donors (Lipinski definition) is 0. The second-order valence-electron chi connectivity index (χ2n) is 1.46. The van der Waals surface area contributed by atoms with E-state index < -0.39 is 0 Å². The summed E-state index contributed by atoms with van der Waals surface area (Å²) >= 11 is 0. The maximum absolute atomic E-state index is 3.76. The van der Waals surface area contributed by atoms with E-state index in [0.29, 0.717) is 0 Å². The van der Waals surface area contributed by atoms with Gasteiger partial charge in [-0.25, -0.2) is 0 Å². The van der Waals surface area contributed by atoms with Gasteiger partial charge in [0.25, 0.3) is 0 Å². The fourth-order valence-corrected chi connectivity index (χ4v) is 0.394. The van der Waals surface area contributed by atoms with Crippen LogP contribution in [-0.2, 0) is 19.5 Å². The van der Waals surface area contributed by atoms with Crippen molar-refractivity contribution < 1.29 is 19.5 Å². The molecule has 0 atom stereocenters. The normalized spacial score (nSPS) is 7.62. The maximum Gasteiger partial charge on any atom is 0.0886 e. The molecule has 1 heterocycles. The predicted octanol–water partition coefficient (Wildman–Crippen LogP) is 1.19. The molecule has 2 heteroatoms. The van der Waals surface area contributed by atoms with Crippen LogP contribution in [0.1, 0.15) is 5.56 Å². The molecule has 1 aromatic rings. The Bertz CT molecular complexity index is 138. The summed E-state index contributed by atoms with van der Waals surface area (Å²) < 4.78 is 0. The Hall–Kier alpha value is -0.227. The Morgan fingerprint density at radius 1 is 1.62 bits per heavy atom. The fourth-order valence-electron chi connectivity index (χ4n) is 0.394. The SMILES string of the molecule is Cc1cc[c]nc1.[Zn]. The summed E-state index contributed by atoms with van der Waals surface area (Å²) in [6.07, 6.45) is 4.46. The van der Waals surface area contributed by atoms with Gasteiger partial charge in [0.05, 0.1) is 6.20 Å². The van der Waals surface area contributed by atoms with Gasteiger partial charge in [0, 0.05) is 25.7 Å². The smallest absolute Gasteiger partial charge is 0.0886 e. The van der Waals surface area contributed by atoms with Crippen molar-refractivity contribution in [2.45, 2.75) is 6.92 Å². The summed E-state index contributed by atoms with van der Waals surface area (Å²) in [4.78, 5) is 3.76. The van der Waals surface area contributed by atoms with Crippen molar-refractivity contribution in [3.8, 4) is 0 Å². The molecule has 0 saturated carbocycles. The van der Waals surface area contributed by atoms with E-state index in [2.05, 4.69) is 11.2 Å². The topological polar surface area (TPSA) is 12.9 Å². The van der Waals surface area contributed by atoms with E-state index >= 15 is 0 Å². The quantitative estimate of drug-likeness (QED) is 0.516. The van der Waals surface area contributed by atoms with Gasteiger partial charge in [-0.1, -0.05) is 6.07 Å². The maximum atomic E-state index is 3.76. The van der Waals surface area contributed by atoms with Gasteiger partial charge in [0.1, 0.15) is 0 Å². The Kier molecular flexibility index (Phi) is 3.63. The average molecular weight is 158 g/mol. The van der Waals surface area contributed by atoms with Gasteiger partial charge in [-0.15, -0.1) is 0 Å². The first-order chi connectivity index (χ1) is 3.39. The van der Waals surface area contributed by atoms with Crippen LogP contribution in [0.15, 0.2) is 18.3 Å². The van der Waals surface area contributed by atoms with Crippen LogP contribution < -0.4 is 0 Å². The minimum Gasteiger partial charge on any atom is -0.254 e. The third-order valence-electron chi connectivity index (χ3n) is 0.763. The number of aromatic nitrogens is 1. The number of rotatable bonds is 0. The Labute approximate surface area is 61.9 Å². The summed E-state index contributed by atoms with van der Waals surface area (Å²) in [5, 5.41) is 0. The molecule has 0 aliphatic rings. The molecule has 0 amide bonds. The summed E-state index contributed by atoms with van der Waals surface area (Å²) in [6, 6.07) is 3.77. The van der Waals surface area contributed by atoms with Crippen molar-refractivity contribution in [1.29, 1.82) is 0 Å². The fraction of sp³-hybridized carbons (Fsp3) is 0.167. The van der Waals surface area contributed by atoms with E-state index in [-0.39, 0.29) is 19.5 Å². The number of hydrogen-bond acceptors (Lipinski definition) is 1. The van der Waals surface area contributed by atoms with Gasteiger partial charge in [-0.3, -0.25) is 4.98 Å². The first-order valence-corrected chi connectivity index (χ1v) is 2.18. The van der Waals surface area contributed by atoms with Crippen LogP contribution in [0, 0.1) is 13.1 Å². The van der Waals surface area contributed by atoms with Gasteiger partial charge in [0.2, 0.25) is 0 Å². The van der Waals surface area contributed by atoms with Crippen LogP contribution >= 0.6 is 0 Å². The van der Waals surface area contributed by atoms with Crippen LogP contribution in [-0.4, -0.2) is 4.98 Å². The summed E-state index contributed by atoms with van der Waals surface area (Å²) in [5.41, 5.74) is 1.18. The molecule has 0 aliphatic heterocycles. The van der Waals surface area contributed by atoms with Crippen molar-refractivity contribution in [1.82, 2.24) is 4.98 Å². The van der Waals surface area contributed by atoms with Crippen LogP contribution in [0.4, 0.5) is 0 Å². The van der Waals surface area contributed by atoms with Crippen molar-refractivity contribution in [2.24, 2.45) is 0 Å². The molecule has 0 aromatic carbocycles. The monoisotopic (exact) mass is 156 g/mol. The van der Waals surface area contributed by atoms with Gasteiger partial charge in [-0.05, 0) is 18.6 Å². The molecule has 0 spiro atoms. The molecule has 0 aliphatic carbocycles. The molecular formula is C6H6NZn. The molecule has 0 saturated heterocycles. The van der Waals surface area contributed by atoms with E-state index in [4.69, 9.17) is 0 Å². The first kappa shape index (κ1) is 7.77. The van der Waals surface area contributed by atoms with E-state index in [1.165, 1.54) is 5.56 Å². The zero-order valence-electron chi connectivity index (χ0n) is 4.89.